The Bertz CT molecular complexity index is 1030. The summed E-state index contributed by atoms with van der Waals surface area (Å²) in [5.41, 5.74) is 1.76. The maximum atomic E-state index is 12.9. The summed E-state index contributed by atoms with van der Waals surface area (Å²) >= 11 is 12.2. The maximum Gasteiger partial charge on any atom is 0.242 e. The van der Waals surface area contributed by atoms with Gasteiger partial charge < -0.3 is 14.2 Å². The molecule has 0 N–H and O–H groups in total. The largest absolute Gasteiger partial charge is 0.484 e. The van der Waals surface area contributed by atoms with E-state index in [2.05, 4.69) is 11.9 Å². The van der Waals surface area contributed by atoms with Crippen molar-refractivity contribution in [2.75, 3.05) is 13.1 Å². The third-order valence-corrected chi connectivity index (χ3v) is 5.94. The topological polar surface area (TPSA) is 47.4 Å². The first-order valence-electron chi connectivity index (χ1n) is 9.81. The van der Waals surface area contributed by atoms with Crippen LogP contribution in [0.4, 0.5) is 0 Å². The number of benzene rings is 2. The Labute approximate surface area is 180 Å². The Kier molecular flexibility index (Phi) is 5.97. The molecule has 1 saturated heterocycles. The van der Waals surface area contributed by atoms with E-state index in [4.69, 9.17) is 27.9 Å². The van der Waals surface area contributed by atoms with Gasteiger partial charge in [-0.25, -0.2) is 4.98 Å². The first-order chi connectivity index (χ1) is 14.0. The van der Waals surface area contributed by atoms with Gasteiger partial charge in [0.05, 0.1) is 16.1 Å². The number of carbonyl (C=O) groups excluding carboxylic acids is 1. The monoisotopic (exact) mass is 431 g/mol. The van der Waals surface area contributed by atoms with Gasteiger partial charge in [-0.2, -0.15) is 0 Å². The Morgan fingerprint density at radius 1 is 1.17 bits per heavy atom. The van der Waals surface area contributed by atoms with E-state index in [0.29, 0.717) is 27.5 Å². The van der Waals surface area contributed by atoms with Crippen LogP contribution >= 0.6 is 23.2 Å². The number of halogens is 2. The van der Waals surface area contributed by atoms with Gasteiger partial charge in [0.25, 0.3) is 0 Å². The lowest BCUT2D eigenvalue weighted by Crippen LogP contribution is -2.40. The van der Waals surface area contributed by atoms with Crippen molar-refractivity contribution in [3.05, 3.63) is 58.3 Å². The number of fused-ring (bicyclic) bond motifs is 1. The van der Waals surface area contributed by atoms with E-state index < -0.39 is 0 Å². The van der Waals surface area contributed by atoms with Gasteiger partial charge in [0.1, 0.15) is 24.7 Å². The first-order valence-corrected chi connectivity index (χ1v) is 10.6. The highest BCUT2D eigenvalue weighted by Crippen LogP contribution is 2.28. The molecule has 1 aromatic heterocycles. The molecule has 1 aliphatic rings. The lowest BCUT2D eigenvalue weighted by molar-refractivity contribution is -0.133. The van der Waals surface area contributed by atoms with Crippen molar-refractivity contribution in [2.24, 2.45) is 5.92 Å². The molecule has 7 heteroatoms. The molecule has 1 aliphatic heterocycles. The zero-order valence-electron chi connectivity index (χ0n) is 16.3. The van der Waals surface area contributed by atoms with E-state index >= 15 is 0 Å². The lowest BCUT2D eigenvalue weighted by Gasteiger charge is -2.30. The number of nitrogens with zero attached hydrogens (tertiary/aromatic N) is 3. The van der Waals surface area contributed by atoms with Gasteiger partial charge >= 0.3 is 0 Å². The van der Waals surface area contributed by atoms with E-state index in [9.17, 15) is 4.79 Å². The molecule has 3 aromatic rings. The van der Waals surface area contributed by atoms with Gasteiger partial charge in [-0.1, -0.05) is 42.3 Å². The first kappa shape index (κ1) is 20.0. The number of amides is 1. The zero-order chi connectivity index (χ0) is 20.4. The molecule has 1 fully saturated rings. The number of imidazole rings is 1. The fraction of sp³-hybridized carbons (Fsp3) is 0.364. The highest BCUT2D eigenvalue weighted by atomic mass is 35.5. The predicted octanol–water partition coefficient (Wildman–Crippen LogP) is 5.18. The minimum Gasteiger partial charge on any atom is -0.484 e. The van der Waals surface area contributed by atoms with Crippen LogP contribution in [0.15, 0.2) is 42.5 Å². The fourth-order valence-electron chi connectivity index (χ4n) is 3.64. The standard InChI is InChI=1S/C22H23Cl2N3O2/c1-15-8-10-26(11-9-15)22(28)13-27-19-5-3-2-4-18(19)25-21(27)14-29-20-7-6-16(23)12-17(20)24/h2-7,12,15H,8-11,13-14H2,1H3. The number of hydrogen-bond acceptors (Lipinski definition) is 3. The highest BCUT2D eigenvalue weighted by molar-refractivity contribution is 6.35. The molecule has 0 unspecified atom stereocenters. The molecule has 0 aliphatic carbocycles. The second kappa shape index (κ2) is 8.64. The lowest BCUT2D eigenvalue weighted by atomic mass is 9.99. The predicted molar refractivity (Wildman–Crippen MR) is 116 cm³/mol. The van der Waals surface area contributed by atoms with Crippen molar-refractivity contribution in [3.63, 3.8) is 0 Å². The molecule has 0 atom stereocenters. The van der Waals surface area contributed by atoms with Crippen LogP contribution < -0.4 is 4.74 Å². The van der Waals surface area contributed by atoms with E-state index in [1.807, 2.05) is 33.7 Å². The number of para-hydroxylation sites is 2. The van der Waals surface area contributed by atoms with E-state index in [-0.39, 0.29) is 19.1 Å². The Morgan fingerprint density at radius 2 is 1.93 bits per heavy atom. The quantitative estimate of drug-likeness (QED) is 0.558. The third kappa shape index (κ3) is 4.51. The van der Waals surface area contributed by atoms with Gasteiger partial charge in [0, 0.05) is 18.1 Å². The second-order valence-electron chi connectivity index (χ2n) is 7.53. The number of piperidine rings is 1. The number of aromatic nitrogens is 2. The van der Waals surface area contributed by atoms with Gasteiger partial charge in [-0.05, 0) is 49.1 Å². The summed E-state index contributed by atoms with van der Waals surface area (Å²) in [6.07, 6.45) is 2.11. The van der Waals surface area contributed by atoms with Crippen molar-refractivity contribution in [2.45, 2.75) is 32.9 Å². The van der Waals surface area contributed by atoms with Gasteiger partial charge in [0.2, 0.25) is 5.91 Å². The Balaban J connectivity index is 1.56. The molecule has 29 heavy (non-hydrogen) atoms. The molecule has 2 aromatic carbocycles. The molecule has 1 amide bonds. The number of carbonyl (C=O) groups is 1. The summed E-state index contributed by atoms with van der Waals surface area (Å²) in [6, 6.07) is 12.9. The number of hydrogen-bond donors (Lipinski definition) is 0. The van der Waals surface area contributed by atoms with Crippen molar-refractivity contribution in [1.82, 2.24) is 14.5 Å². The van der Waals surface area contributed by atoms with Crippen LogP contribution in [0.1, 0.15) is 25.6 Å². The molecule has 0 bridgehead atoms. The average Bonchev–Trinajstić information content (AvgIpc) is 3.05. The van der Waals surface area contributed by atoms with Crippen LogP contribution in [0.25, 0.3) is 11.0 Å². The van der Waals surface area contributed by atoms with Crippen LogP contribution in [-0.2, 0) is 17.9 Å². The number of likely N-dealkylation sites (tertiary alicyclic amines) is 1. The minimum absolute atomic E-state index is 0.117. The normalized spacial score (nSPS) is 15.1. The molecule has 0 radical (unpaired) electrons. The van der Waals surface area contributed by atoms with E-state index in [0.717, 1.165) is 37.0 Å². The van der Waals surface area contributed by atoms with E-state index in [1.165, 1.54) is 0 Å². The van der Waals surface area contributed by atoms with Crippen molar-refractivity contribution >= 4 is 40.1 Å². The fourth-order valence-corrected chi connectivity index (χ4v) is 4.10. The Morgan fingerprint density at radius 3 is 2.69 bits per heavy atom. The summed E-state index contributed by atoms with van der Waals surface area (Å²) in [6.45, 7) is 4.34. The zero-order valence-corrected chi connectivity index (χ0v) is 17.8. The summed E-state index contributed by atoms with van der Waals surface area (Å²) in [5, 5.41) is 0.995. The van der Waals surface area contributed by atoms with Crippen LogP contribution in [0, 0.1) is 5.92 Å². The SMILES string of the molecule is CC1CCN(C(=O)Cn2c(COc3ccc(Cl)cc3Cl)nc3ccccc32)CC1. The molecular weight excluding hydrogens is 409 g/mol. The van der Waals surface area contributed by atoms with Crippen LogP contribution in [0.5, 0.6) is 5.75 Å². The van der Waals surface area contributed by atoms with Crippen LogP contribution in [0.3, 0.4) is 0 Å². The highest BCUT2D eigenvalue weighted by Gasteiger charge is 2.22. The summed E-state index contributed by atoms with van der Waals surface area (Å²) < 4.78 is 7.83. The molecule has 0 spiro atoms. The minimum atomic E-state index is 0.117. The second-order valence-corrected chi connectivity index (χ2v) is 8.37. The van der Waals surface area contributed by atoms with Crippen molar-refractivity contribution < 1.29 is 9.53 Å². The number of rotatable bonds is 5. The van der Waals surface area contributed by atoms with Gasteiger partial charge in [-0.3, -0.25) is 4.79 Å². The average molecular weight is 432 g/mol. The maximum absolute atomic E-state index is 12.9. The molecule has 4 rings (SSSR count). The smallest absolute Gasteiger partial charge is 0.242 e. The van der Waals surface area contributed by atoms with E-state index in [1.54, 1.807) is 18.2 Å². The molecule has 2 heterocycles. The molecule has 0 saturated carbocycles. The molecule has 5 nitrogen and oxygen atoms in total. The molecule has 152 valence electrons. The summed E-state index contributed by atoms with van der Waals surface area (Å²) in [4.78, 5) is 19.6. The van der Waals surface area contributed by atoms with Crippen LogP contribution in [-0.4, -0.2) is 33.4 Å². The third-order valence-electron chi connectivity index (χ3n) is 5.41. The van der Waals surface area contributed by atoms with Crippen molar-refractivity contribution in [3.8, 4) is 5.75 Å². The number of ether oxygens (including phenoxy) is 1. The Hall–Kier alpha value is -2.24. The molecular formula is C22H23Cl2N3O2. The van der Waals surface area contributed by atoms with Gasteiger partial charge in [0.15, 0.2) is 0 Å². The summed E-state index contributed by atoms with van der Waals surface area (Å²) in [5.74, 6) is 2.02. The van der Waals surface area contributed by atoms with Gasteiger partial charge in [-0.15, -0.1) is 0 Å². The van der Waals surface area contributed by atoms with Crippen molar-refractivity contribution in [1.29, 1.82) is 0 Å². The van der Waals surface area contributed by atoms with Crippen LogP contribution in [0.2, 0.25) is 10.0 Å². The summed E-state index contributed by atoms with van der Waals surface area (Å²) in [7, 11) is 0.